The summed E-state index contributed by atoms with van der Waals surface area (Å²) in [5.74, 6) is 1.16. The number of Topliss-reactive ketones (excluding diaryl/α,β-unsaturated/α-hetero) is 1. The summed E-state index contributed by atoms with van der Waals surface area (Å²) in [6, 6.07) is 5.25. The number of anilines is 1. The molecule has 1 aromatic carbocycles. The monoisotopic (exact) mass is 409 g/mol. The largest absolute Gasteiger partial charge is 0.497 e. The highest BCUT2D eigenvalue weighted by atomic mass is 79.9. The van der Waals surface area contributed by atoms with Crippen molar-refractivity contribution in [1.29, 1.82) is 0 Å². The molecule has 2 aliphatic carbocycles. The van der Waals surface area contributed by atoms with E-state index in [1.54, 1.807) is 32.4 Å². The highest BCUT2D eigenvalue weighted by Gasteiger charge is 2.76. The average molecular weight is 410 g/mol. The highest BCUT2D eigenvalue weighted by Crippen LogP contribution is 2.72. The summed E-state index contributed by atoms with van der Waals surface area (Å²) in [6.07, 6.45) is 1.41. The van der Waals surface area contributed by atoms with Crippen molar-refractivity contribution in [1.82, 2.24) is 0 Å². The van der Waals surface area contributed by atoms with Gasteiger partial charge in [0.2, 0.25) is 5.91 Å². The fourth-order valence-electron chi connectivity index (χ4n) is 4.59. The molecule has 0 aliphatic heterocycles. The number of alkyl halides is 1. The molecule has 0 heterocycles. The molecule has 2 aliphatic rings. The van der Waals surface area contributed by atoms with Crippen molar-refractivity contribution in [3.63, 3.8) is 0 Å². The van der Waals surface area contributed by atoms with E-state index in [1.165, 1.54) is 0 Å². The zero-order chi connectivity index (χ0) is 18.6. The molecule has 0 saturated heterocycles. The normalized spacial score (nSPS) is 32.6. The van der Waals surface area contributed by atoms with Crippen LogP contribution in [0, 0.1) is 16.2 Å². The van der Waals surface area contributed by atoms with E-state index in [4.69, 9.17) is 9.47 Å². The Morgan fingerprint density at radius 2 is 1.88 bits per heavy atom. The van der Waals surface area contributed by atoms with Crippen LogP contribution in [0.3, 0.4) is 0 Å². The number of benzene rings is 1. The first-order valence-corrected chi connectivity index (χ1v) is 9.29. The van der Waals surface area contributed by atoms with E-state index in [-0.39, 0.29) is 11.7 Å². The zero-order valence-corrected chi connectivity index (χ0v) is 16.8. The van der Waals surface area contributed by atoms with Crippen molar-refractivity contribution in [2.45, 2.75) is 38.4 Å². The molecule has 3 rings (SSSR count). The number of rotatable bonds is 4. The van der Waals surface area contributed by atoms with E-state index in [9.17, 15) is 9.59 Å². The van der Waals surface area contributed by atoms with Gasteiger partial charge in [0, 0.05) is 11.5 Å². The van der Waals surface area contributed by atoms with Crippen LogP contribution in [0.25, 0.3) is 0 Å². The molecule has 5 nitrogen and oxygen atoms in total. The molecular weight excluding hydrogens is 386 g/mol. The number of methoxy groups -OCH3 is 2. The lowest BCUT2D eigenvalue weighted by molar-refractivity contribution is -0.130. The van der Waals surface area contributed by atoms with Crippen molar-refractivity contribution < 1.29 is 19.1 Å². The first-order valence-electron chi connectivity index (χ1n) is 8.37. The smallest absolute Gasteiger partial charge is 0.232 e. The summed E-state index contributed by atoms with van der Waals surface area (Å²) in [5.41, 5.74) is -1.12. The summed E-state index contributed by atoms with van der Waals surface area (Å²) < 4.78 is 10.6. The molecule has 1 aromatic rings. The van der Waals surface area contributed by atoms with Gasteiger partial charge in [0.25, 0.3) is 0 Å². The van der Waals surface area contributed by atoms with E-state index in [1.807, 2.05) is 20.8 Å². The van der Waals surface area contributed by atoms with Gasteiger partial charge < -0.3 is 14.8 Å². The molecule has 0 spiro atoms. The van der Waals surface area contributed by atoms with Gasteiger partial charge in [-0.3, -0.25) is 9.59 Å². The van der Waals surface area contributed by atoms with Crippen LogP contribution in [0.1, 0.15) is 33.6 Å². The Morgan fingerprint density at radius 1 is 1.20 bits per heavy atom. The molecule has 0 aromatic heterocycles. The lowest BCUT2D eigenvalue weighted by Gasteiger charge is -2.39. The number of carbonyl (C=O) groups excluding carboxylic acids is 2. The third-order valence-corrected chi connectivity index (χ3v) is 7.98. The number of carbonyl (C=O) groups is 2. The second-order valence-corrected chi connectivity index (χ2v) is 8.59. The summed E-state index contributed by atoms with van der Waals surface area (Å²) in [4.78, 5) is 25.7. The van der Waals surface area contributed by atoms with Crippen LogP contribution in [-0.4, -0.2) is 30.7 Å². The highest BCUT2D eigenvalue weighted by molar-refractivity contribution is 9.10. The summed E-state index contributed by atoms with van der Waals surface area (Å²) in [5, 5.41) is 3.00. The third kappa shape index (κ3) is 2.12. The van der Waals surface area contributed by atoms with E-state index < -0.39 is 21.1 Å². The lowest BCUT2D eigenvalue weighted by atomic mass is 9.64. The predicted octanol–water partition coefficient (Wildman–Crippen LogP) is 3.80. The van der Waals surface area contributed by atoms with Gasteiger partial charge in [-0.1, -0.05) is 36.7 Å². The molecule has 1 amide bonds. The molecule has 0 unspecified atom stereocenters. The predicted molar refractivity (Wildman–Crippen MR) is 99.5 cm³/mol. The molecular formula is C19H24BrNO4. The van der Waals surface area contributed by atoms with Crippen LogP contribution in [0.2, 0.25) is 0 Å². The van der Waals surface area contributed by atoms with Crippen LogP contribution in [0.5, 0.6) is 11.5 Å². The third-order valence-electron chi connectivity index (χ3n) is 6.78. The Balaban J connectivity index is 1.98. The Labute approximate surface area is 156 Å². The SMILES string of the molecule is COc1ccc(NC(=O)[C@@]23CC[C@@](C)(C(=O)[C@@H]2Br)C3(C)C)c(OC)c1. The van der Waals surface area contributed by atoms with Crippen LogP contribution in [0.4, 0.5) is 5.69 Å². The van der Waals surface area contributed by atoms with Gasteiger partial charge in [0.15, 0.2) is 5.78 Å². The summed E-state index contributed by atoms with van der Waals surface area (Å²) in [6.45, 7) is 6.05. The quantitative estimate of drug-likeness (QED) is 0.767. The topological polar surface area (TPSA) is 64.6 Å². The minimum atomic E-state index is -0.774. The number of hydrogen-bond donors (Lipinski definition) is 1. The number of hydrogen-bond acceptors (Lipinski definition) is 4. The van der Waals surface area contributed by atoms with Crippen LogP contribution in [0.15, 0.2) is 18.2 Å². The molecule has 0 radical (unpaired) electrons. The number of ether oxygens (including phenoxy) is 2. The van der Waals surface area contributed by atoms with E-state index in [0.717, 1.165) is 6.42 Å². The Bertz CT molecular complexity index is 747. The van der Waals surface area contributed by atoms with Gasteiger partial charge in [0.1, 0.15) is 11.5 Å². The fourth-order valence-corrected chi connectivity index (χ4v) is 6.11. The Hall–Kier alpha value is -1.56. The molecule has 2 saturated carbocycles. The van der Waals surface area contributed by atoms with Crippen LogP contribution in [-0.2, 0) is 9.59 Å². The first-order chi connectivity index (χ1) is 11.7. The zero-order valence-electron chi connectivity index (χ0n) is 15.2. The second-order valence-electron chi connectivity index (χ2n) is 7.68. The van der Waals surface area contributed by atoms with E-state index in [0.29, 0.717) is 23.6 Å². The van der Waals surface area contributed by atoms with Gasteiger partial charge in [-0.05, 0) is 30.4 Å². The molecule has 6 heteroatoms. The van der Waals surface area contributed by atoms with Crippen molar-refractivity contribution >= 4 is 33.3 Å². The van der Waals surface area contributed by atoms with Crippen molar-refractivity contribution in [2.24, 2.45) is 16.2 Å². The summed E-state index contributed by atoms with van der Waals surface area (Å²) in [7, 11) is 3.12. The summed E-state index contributed by atoms with van der Waals surface area (Å²) >= 11 is 3.54. The van der Waals surface area contributed by atoms with Crippen LogP contribution >= 0.6 is 15.9 Å². The maximum Gasteiger partial charge on any atom is 0.232 e. The fraction of sp³-hybridized carbons (Fsp3) is 0.579. The van der Waals surface area contributed by atoms with Crippen LogP contribution < -0.4 is 14.8 Å². The maximum absolute atomic E-state index is 13.4. The first kappa shape index (κ1) is 18.2. The maximum atomic E-state index is 13.4. The molecule has 25 heavy (non-hydrogen) atoms. The van der Waals surface area contributed by atoms with E-state index >= 15 is 0 Å². The van der Waals surface area contributed by atoms with Gasteiger partial charge in [-0.2, -0.15) is 0 Å². The lowest BCUT2D eigenvalue weighted by Crippen LogP contribution is -2.48. The number of ketones is 1. The molecule has 3 atom stereocenters. The number of amides is 1. The Morgan fingerprint density at radius 3 is 2.40 bits per heavy atom. The van der Waals surface area contributed by atoms with Gasteiger partial charge >= 0.3 is 0 Å². The van der Waals surface area contributed by atoms with Gasteiger partial charge in [-0.15, -0.1) is 0 Å². The number of nitrogens with one attached hydrogen (secondary N) is 1. The number of halogens is 1. The van der Waals surface area contributed by atoms with Crippen molar-refractivity contribution in [3.8, 4) is 11.5 Å². The molecule has 2 bridgehead atoms. The second kappa shape index (κ2) is 5.73. The number of fused-ring (bicyclic) bond motifs is 2. The minimum Gasteiger partial charge on any atom is -0.497 e. The van der Waals surface area contributed by atoms with E-state index in [2.05, 4.69) is 21.2 Å². The Kier molecular flexibility index (Phi) is 4.18. The molecule has 1 N–H and O–H groups in total. The minimum absolute atomic E-state index is 0.126. The standard InChI is InChI=1S/C19H24BrNO4/c1-17(2)18(3)8-9-19(17,14(20)15(18)22)16(23)21-12-7-6-11(24-4)10-13(12)25-5/h6-7,10,14H,8-9H2,1-5H3,(H,21,23)/t14-,18-,19+/m0/s1. The van der Waals surface area contributed by atoms with Crippen molar-refractivity contribution in [2.75, 3.05) is 19.5 Å². The molecule has 136 valence electrons. The average Bonchev–Trinajstić information content (AvgIpc) is 2.87. The van der Waals surface area contributed by atoms with Crippen molar-refractivity contribution in [3.05, 3.63) is 18.2 Å². The van der Waals surface area contributed by atoms with Gasteiger partial charge in [0.05, 0.1) is 30.1 Å². The molecule has 2 fully saturated rings. The van der Waals surface area contributed by atoms with Gasteiger partial charge in [-0.25, -0.2) is 0 Å².